The van der Waals surface area contributed by atoms with Crippen LogP contribution in [-0.2, 0) is 11.8 Å². The number of halogens is 1. The van der Waals surface area contributed by atoms with Crippen molar-refractivity contribution in [3.8, 4) is 33.4 Å². The normalized spacial score (nSPS) is 17.8. The lowest BCUT2D eigenvalue weighted by Gasteiger charge is -2.30. The van der Waals surface area contributed by atoms with Gasteiger partial charge in [0.1, 0.15) is 0 Å². The minimum Gasteiger partial charge on any atom is -0.0619 e. The molecule has 0 nitrogen and oxygen atoms in total. The molecule has 0 amide bonds. The molecule has 5 aromatic carbocycles. The summed E-state index contributed by atoms with van der Waals surface area (Å²) in [6.45, 7) is 0. The molecule has 0 aromatic heterocycles. The molecule has 0 saturated heterocycles. The maximum absolute atomic E-state index is 3.90. The van der Waals surface area contributed by atoms with Gasteiger partial charge in [-0.05, 0) is 73.7 Å². The summed E-state index contributed by atoms with van der Waals surface area (Å²) in [6, 6.07) is 38.6. The van der Waals surface area contributed by atoms with Gasteiger partial charge in [-0.1, -0.05) is 113 Å². The van der Waals surface area contributed by atoms with Gasteiger partial charge in [-0.2, -0.15) is 0 Å². The monoisotopic (exact) mass is 482 g/mol. The van der Waals surface area contributed by atoms with Crippen LogP contribution in [0.3, 0.4) is 0 Å². The van der Waals surface area contributed by atoms with Gasteiger partial charge in [0.2, 0.25) is 0 Å². The van der Waals surface area contributed by atoms with E-state index in [0.717, 1.165) is 6.42 Å². The first-order valence-corrected chi connectivity index (χ1v) is 12.3. The number of hydrogen-bond donors (Lipinski definition) is 0. The summed E-state index contributed by atoms with van der Waals surface area (Å²) in [5, 5.41) is 0. The first kappa shape index (κ1) is 18.1. The Labute approximate surface area is 201 Å². The fraction of sp³-hybridized carbons (Fsp3) is 0.0625. The number of fused-ring (bicyclic) bond motifs is 14. The van der Waals surface area contributed by atoms with Crippen molar-refractivity contribution >= 4 is 15.9 Å². The highest BCUT2D eigenvalue weighted by atomic mass is 79.9. The molecule has 1 atom stereocenters. The van der Waals surface area contributed by atoms with Crippen molar-refractivity contribution < 1.29 is 0 Å². The standard InChI is InChI=1S/C32H19Br/c33-28-15-7-14-26-30(28)22-10-3-5-12-24(22)32(26)25-13-6-4-11-23(25)31-27(32)17-16-20-18-19-8-1-2-9-21(19)29(20)31/h1-17H,18H2. The van der Waals surface area contributed by atoms with Crippen LogP contribution >= 0.6 is 15.9 Å². The van der Waals surface area contributed by atoms with Crippen molar-refractivity contribution in [1.82, 2.24) is 0 Å². The Morgan fingerprint density at radius 2 is 1.06 bits per heavy atom. The Kier molecular flexibility index (Phi) is 3.35. The summed E-state index contributed by atoms with van der Waals surface area (Å²) in [6.07, 6.45) is 1.02. The van der Waals surface area contributed by atoms with Gasteiger partial charge in [0.05, 0.1) is 5.41 Å². The van der Waals surface area contributed by atoms with Gasteiger partial charge in [-0.3, -0.25) is 0 Å². The van der Waals surface area contributed by atoms with E-state index in [1.165, 1.54) is 71.2 Å². The summed E-state index contributed by atoms with van der Waals surface area (Å²) in [7, 11) is 0. The lowest BCUT2D eigenvalue weighted by atomic mass is 9.70. The van der Waals surface area contributed by atoms with E-state index in [-0.39, 0.29) is 5.41 Å². The van der Waals surface area contributed by atoms with Crippen molar-refractivity contribution in [1.29, 1.82) is 0 Å². The lowest BCUT2D eigenvalue weighted by Crippen LogP contribution is -2.25. The Morgan fingerprint density at radius 3 is 1.85 bits per heavy atom. The smallest absolute Gasteiger partial charge is 0.0619 e. The molecular formula is C32H19Br. The van der Waals surface area contributed by atoms with E-state index in [9.17, 15) is 0 Å². The number of rotatable bonds is 0. The molecule has 0 N–H and O–H groups in total. The molecule has 8 rings (SSSR count). The minimum atomic E-state index is -0.284. The largest absolute Gasteiger partial charge is 0.0726 e. The van der Waals surface area contributed by atoms with E-state index in [1.807, 2.05) is 0 Å². The second kappa shape index (κ2) is 6.12. The van der Waals surface area contributed by atoms with Crippen molar-refractivity contribution in [2.24, 2.45) is 0 Å². The Balaban J connectivity index is 1.60. The highest BCUT2D eigenvalue weighted by Crippen LogP contribution is 2.65. The molecule has 1 heteroatoms. The van der Waals surface area contributed by atoms with Gasteiger partial charge in [0.15, 0.2) is 0 Å². The summed E-state index contributed by atoms with van der Waals surface area (Å²) in [4.78, 5) is 0. The van der Waals surface area contributed by atoms with Gasteiger partial charge in [0.25, 0.3) is 0 Å². The lowest BCUT2D eigenvalue weighted by molar-refractivity contribution is 0.793. The first-order valence-electron chi connectivity index (χ1n) is 11.5. The van der Waals surface area contributed by atoms with E-state index in [0.29, 0.717) is 0 Å². The Hall–Kier alpha value is -3.42. The van der Waals surface area contributed by atoms with E-state index >= 15 is 0 Å². The summed E-state index contributed by atoms with van der Waals surface area (Å²) < 4.78 is 1.17. The predicted molar refractivity (Wildman–Crippen MR) is 139 cm³/mol. The molecule has 0 saturated carbocycles. The van der Waals surface area contributed by atoms with Gasteiger partial charge < -0.3 is 0 Å². The van der Waals surface area contributed by atoms with Crippen LogP contribution in [0.15, 0.2) is 108 Å². The van der Waals surface area contributed by atoms with Crippen LogP contribution in [-0.4, -0.2) is 0 Å². The van der Waals surface area contributed by atoms with E-state index in [2.05, 4.69) is 119 Å². The van der Waals surface area contributed by atoms with Gasteiger partial charge in [-0.25, -0.2) is 0 Å². The SMILES string of the molecule is Brc1cccc2c1-c1ccccc1C21c2ccccc2-c2c1ccc1c2-c2ccccc2C1. The third kappa shape index (κ3) is 2.00. The summed E-state index contributed by atoms with van der Waals surface area (Å²) in [5.74, 6) is 0. The van der Waals surface area contributed by atoms with E-state index < -0.39 is 0 Å². The van der Waals surface area contributed by atoms with Crippen molar-refractivity contribution in [3.05, 3.63) is 141 Å². The average molecular weight is 483 g/mol. The summed E-state index contributed by atoms with van der Waals surface area (Å²) >= 11 is 3.90. The van der Waals surface area contributed by atoms with Gasteiger partial charge >= 0.3 is 0 Å². The van der Waals surface area contributed by atoms with Crippen LogP contribution in [0.2, 0.25) is 0 Å². The van der Waals surface area contributed by atoms with E-state index in [4.69, 9.17) is 0 Å². The molecule has 1 spiro atoms. The highest BCUT2D eigenvalue weighted by molar-refractivity contribution is 9.10. The molecule has 33 heavy (non-hydrogen) atoms. The molecule has 0 heterocycles. The molecule has 0 bridgehead atoms. The minimum absolute atomic E-state index is 0.284. The van der Waals surface area contributed by atoms with Crippen LogP contribution < -0.4 is 0 Å². The zero-order valence-electron chi connectivity index (χ0n) is 17.9. The fourth-order valence-corrected chi connectivity index (χ4v) is 7.43. The molecule has 0 aliphatic heterocycles. The second-order valence-electron chi connectivity index (χ2n) is 9.36. The molecule has 1 unspecified atom stereocenters. The molecular weight excluding hydrogens is 464 g/mol. The highest BCUT2D eigenvalue weighted by Gasteiger charge is 2.53. The fourth-order valence-electron chi connectivity index (χ4n) is 6.85. The maximum Gasteiger partial charge on any atom is 0.0726 e. The van der Waals surface area contributed by atoms with Crippen molar-refractivity contribution in [2.75, 3.05) is 0 Å². The Morgan fingerprint density at radius 1 is 0.455 bits per heavy atom. The van der Waals surface area contributed by atoms with Crippen LogP contribution in [0.5, 0.6) is 0 Å². The molecule has 3 aliphatic carbocycles. The van der Waals surface area contributed by atoms with Crippen LogP contribution in [0.1, 0.15) is 33.4 Å². The molecule has 0 radical (unpaired) electrons. The first-order chi connectivity index (χ1) is 16.3. The zero-order valence-corrected chi connectivity index (χ0v) is 19.5. The van der Waals surface area contributed by atoms with Crippen LogP contribution in [0.25, 0.3) is 33.4 Å². The van der Waals surface area contributed by atoms with Crippen LogP contribution in [0, 0.1) is 0 Å². The van der Waals surface area contributed by atoms with E-state index in [1.54, 1.807) is 0 Å². The van der Waals surface area contributed by atoms with Gasteiger partial charge in [-0.15, -0.1) is 0 Å². The third-order valence-electron chi connectivity index (χ3n) is 7.98. The number of hydrogen-bond acceptors (Lipinski definition) is 0. The van der Waals surface area contributed by atoms with Gasteiger partial charge in [0, 0.05) is 10.0 Å². The maximum atomic E-state index is 3.90. The quantitative estimate of drug-likeness (QED) is 0.203. The molecule has 5 aromatic rings. The third-order valence-corrected chi connectivity index (χ3v) is 8.64. The second-order valence-corrected chi connectivity index (χ2v) is 10.2. The van der Waals surface area contributed by atoms with Crippen molar-refractivity contribution in [2.45, 2.75) is 11.8 Å². The molecule has 154 valence electrons. The predicted octanol–water partition coefficient (Wildman–Crippen LogP) is 8.36. The topological polar surface area (TPSA) is 0 Å². The zero-order chi connectivity index (χ0) is 21.7. The Bertz CT molecular complexity index is 1660. The average Bonchev–Trinajstić information content (AvgIpc) is 3.48. The number of benzene rings is 5. The summed E-state index contributed by atoms with van der Waals surface area (Å²) in [5.41, 5.74) is 16.5. The molecule has 3 aliphatic rings. The molecule has 0 fully saturated rings. The van der Waals surface area contributed by atoms with Crippen LogP contribution in [0.4, 0.5) is 0 Å². The van der Waals surface area contributed by atoms with Crippen molar-refractivity contribution in [3.63, 3.8) is 0 Å².